The van der Waals surface area contributed by atoms with Crippen molar-refractivity contribution >= 4 is 6.09 Å². The molecule has 0 aromatic heterocycles. The van der Waals surface area contributed by atoms with Gasteiger partial charge in [0.2, 0.25) is 0 Å². The smallest absolute Gasteiger partial charge is 0.409 e. The SMILES string of the molecule is CCCCCCCCCCCC[N+]1(C)CCN(C(=O)OC)CC1.[Br-]. The fourth-order valence-corrected chi connectivity index (χ4v) is 3.46. The second-order valence-corrected chi connectivity index (χ2v) is 7.43. The molecule has 4 nitrogen and oxygen atoms in total. The summed E-state index contributed by atoms with van der Waals surface area (Å²) >= 11 is 0. The lowest BCUT2D eigenvalue weighted by atomic mass is 10.1. The Hall–Kier alpha value is -0.290. The van der Waals surface area contributed by atoms with E-state index in [-0.39, 0.29) is 23.1 Å². The summed E-state index contributed by atoms with van der Waals surface area (Å²) in [6.45, 7) is 7.32. The first-order chi connectivity index (χ1) is 11.1. The second-order valence-electron chi connectivity index (χ2n) is 7.43. The highest BCUT2D eigenvalue weighted by Gasteiger charge is 2.30. The number of carbonyl (C=O) groups is 1. The van der Waals surface area contributed by atoms with Crippen LogP contribution in [0, 0.1) is 0 Å². The maximum absolute atomic E-state index is 11.5. The molecule has 0 saturated carbocycles. The summed E-state index contributed by atoms with van der Waals surface area (Å²) in [6, 6.07) is 0. The van der Waals surface area contributed by atoms with Gasteiger partial charge in [0.1, 0.15) is 0 Å². The zero-order valence-electron chi connectivity index (χ0n) is 16.2. The van der Waals surface area contributed by atoms with E-state index in [0.29, 0.717) is 0 Å². The maximum atomic E-state index is 11.5. The van der Waals surface area contributed by atoms with Crippen LogP contribution < -0.4 is 17.0 Å². The van der Waals surface area contributed by atoms with Crippen molar-refractivity contribution in [3.8, 4) is 0 Å². The Morgan fingerprint density at radius 3 is 1.83 bits per heavy atom. The monoisotopic (exact) mass is 406 g/mol. The molecule has 1 saturated heterocycles. The number of hydrogen-bond acceptors (Lipinski definition) is 2. The van der Waals surface area contributed by atoms with Gasteiger partial charge in [-0.25, -0.2) is 4.79 Å². The first-order valence-corrected chi connectivity index (χ1v) is 9.78. The van der Waals surface area contributed by atoms with E-state index < -0.39 is 0 Å². The van der Waals surface area contributed by atoms with Crippen LogP contribution in [-0.4, -0.2) is 62.4 Å². The number of piperazine rings is 1. The molecule has 24 heavy (non-hydrogen) atoms. The van der Waals surface area contributed by atoms with Crippen molar-refractivity contribution in [3.05, 3.63) is 0 Å². The molecule has 1 fully saturated rings. The average Bonchev–Trinajstić information content (AvgIpc) is 2.56. The molecular weight excluding hydrogens is 368 g/mol. The minimum absolute atomic E-state index is 0. The summed E-state index contributed by atoms with van der Waals surface area (Å²) in [6.07, 6.45) is 13.8. The molecule has 1 heterocycles. The quantitative estimate of drug-likeness (QED) is 0.383. The topological polar surface area (TPSA) is 29.5 Å². The molecule has 0 spiro atoms. The fourth-order valence-electron chi connectivity index (χ4n) is 3.46. The molecule has 5 heteroatoms. The number of unbranched alkanes of at least 4 members (excludes halogenated alkanes) is 9. The van der Waals surface area contributed by atoms with Crippen LogP contribution in [0.3, 0.4) is 0 Å². The van der Waals surface area contributed by atoms with E-state index in [1.165, 1.54) is 77.9 Å². The molecule has 1 aliphatic heterocycles. The van der Waals surface area contributed by atoms with Crippen LogP contribution in [0.5, 0.6) is 0 Å². The summed E-state index contributed by atoms with van der Waals surface area (Å²) in [5.41, 5.74) is 0. The summed E-state index contributed by atoms with van der Waals surface area (Å²) in [5.74, 6) is 0. The van der Waals surface area contributed by atoms with Gasteiger partial charge in [0.05, 0.1) is 46.9 Å². The standard InChI is InChI=1S/C19H39N2O2.BrH/c1-4-5-6-7-8-9-10-11-12-13-16-21(2)17-14-20(15-18-21)19(22)23-3;/h4-18H2,1-3H3;1H/q+1;/p-1. The highest BCUT2D eigenvalue weighted by molar-refractivity contribution is 5.67. The number of carbonyl (C=O) groups excluding carboxylic acids is 1. The number of nitrogens with zero attached hydrogens (tertiary/aromatic N) is 2. The summed E-state index contributed by atoms with van der Waals surface area (Å²) in [4.78, 5) is 13.4. The minimum Gasteiger partial charge on any atom is -1.00 e. The Morgan fingerprint density at radius 1 is 0.917 bits per heavy atom. The number of rotatable bonds is 11. The van der Waals surface area contributed by atoms with Crippen molar-refractivity contribution in [3.63, 3.8) is 0 Å². The van der Waals surface area contributed by atoms with Gasteiger partial charge in [-0.1, -0.05) is 58.3 Å². The molecular formula is C19H39BrN2O2. The van der Waals surface area contributed by atoms with Gasteiger partial charge in [0.25, 0.3) is 0 Å². The molecule has 0 aliphatic carbocycles. The van der Waals surface area contributed by atoms with Crippen molar-refractivity contribution < 1.29 is 31.0 Å². The Morgan fingerprint density at radius 2 is 1.38 bits per heavy atom. The van der Waals surface area contributed by atoms with Gasteiger partial charge in [-0.05, 0) is 12.8 Å². The van der Waals surface area contributed by atoms with Crippen molar-refractivity contribution in [1.82, 2.24) is 4.90 Å². The Balaban J connectivity index is 0.00000529. The normalized spacial score (nSPS) is 16.5. The zero-order valence-corrected chi connectivity index (χ0v) is 17.8. The number of quaternary nitrogens is 1. The lowest BCUT2D eigenvalue weighted by Crippen LogP contribution is -3.00. The average molecular weight is 407 g/mol. The highest BCUT2D eigenvalue weighted by atomic mass is 79.9. The predicted octanol–water partition coefficient (Wildman–Crippen LogP) is 1.44. The second kappa shape index (κ2) is 13.9. The predicted molar refractivity (Wildman–Crippen MR) is 96.6 cm³/mol. The van der Waals surface area contributed by atoms with Crippen molar-refractivity contribution in [1.29, 1.82) is 0 Å². The van der Waals surface area contributed by atoms with E-state index in [1.54, 1.807) is 0 Å². The molecule has 1 rings (SSSR count). The molecule has 0 aromatic rings. The first kappa shape index (κ1) is 23.7. The number of likely N-dealkylation sites (N-methyl/N-ethyl adjacent to an activating group) is 1. The summed E-state index contributed by atoms with van der Waals surface area (Å²) < 4.78 is 5.92. The van der Waals surface area contributed by atoms with Gasteiger partial charge in [-0.2, -0.15) is 0 Å². The van der Waals surface area contributed by atoms with Crippen LogP contribution in [0.1, 0.15) is 71.1 Å². The summed E-state index contributed by atoms with van der Waals surface area (Å²) in [7, 11) is 3.80. The van der Waals surface area contributed by atoms with Gasteiger partial charge in [0, 0.05) is 0 Å². The van der Waals surface area contributed by atoms with E-state index in [4.69, 9.17) is 4.74 Å². The Kier molecular flexibility index (Phi) is 13.8. The van der Waals surface area contributed by atoms with Gasteiger partial charge in [-0.3, -0.25) is 4.90 Å². The molecule has 0 bridgehead atoms. The van der Waals surface area contributed by atoms with Crippen LogP contribution in [-0.2, 0) is 4.74 Å². The summed E-state index contributed by atoms with van der Waals surface area (Å²) in [5, 5.41) is 0. The molecule has 1 aliphatic rings. The molecule has 144 valence electrons. The van der Waals surface area contributed by atoms with E-state index in [9.17, 15) is 4.79 Å². The third-order valence-corrected chi connectivity index (χ3v) is 5.30. The Labute approximate surface area is 160 Å². The Bertz CT molecular complexity index is 318. The van der Waals surface area contributed by atoms with Gasteiger partial charge in [-0.15, -0.1) is 0 Å². The molecule has 0 atom stereocenters. The first-order valence-electron chi connectivity index (χ1n) is 9.78. The number of methoxy groups -OCH3 is 1. The number of ether oxygens (including phenoxy) is 1. The van der Waals surface area contributed by atoms with Crippen LogP contribution in [0.2, 0.25) is 0 Å². The van der Waals surface area contributed by atoms with E-state index in [2.05, 4.69) is 14.0 Å². The fraction of sp³-hybridized carbons (Fsp3) is 0.947. The lowest BCUT2D eigenvalue weighted by Gasteiger charge is -2.41. The van der Waals surface area contributed by atoms with Gasteiger partial charge < -0.3 is 26.2 Å². The zero-order chi connectivity index (χ0) is 17.0. The third kappa shape index (κ3) is 9.87. The molecule has 0 aromatic carbocycles. The minimum atomic E-state index is -0.171. The van der Waals surface area contributed by atoms with Crippen LogP contribution in [0.15, 0.2) is 0 Å². The molecule has 0 unspecified atom stereocenters. The van der Waals surface area contributed by atoms with Crippen LogP contribution in [0.25, 0.3) is 0 Å². The van der Waals surface area contributed by atoms with E-state index >= 15 is 0 Å². The van der Waals surface area contributed by atoms with Gasteiger partial charge in [0.15, 0.2) is 0 Å². The largest absolute Gasteiger partial charge is 1.00 e. The van der Waals surface area contributed by atoms with E-state index in [1.807, 2.05) is 4.90 Å². The van der Waals surface area contributed by atoms with Crippen molar-refractivity contribution in [2.75, 3.05) is 46.9 Å². The number of halogens is 1. The molecule has 0 N–H and O–H groups in total. The van der Waals surface area contributed by atoms with Gasteiger partial charge >= 0.3 is 6.09 Å². The van der Waals surface area contributed by atoms with Crippen molar-refractivity contribution in [2.45, 2.75) is 71.1 Å². The number of hydrogen-bond donors (Lipinski definition) is 0. The molecule has 1 amide bonds. The van der Waals surface area contributed by atoms with Crippen LogP contribution >= 0.6 is 0 Å². The molecule has 0 radical (unpaired) electrons. The van der Waals surface area contributed by atoms with E-state index in [0.717, 1.165) is 30.7 Å². The third-order valence-electron chi connectivity index (χ3n) is 5.30. The van der Waals surface area contributed by atoms with Crippen molar-refractivity contribution in [2.24, 2.45) is 0 Å². The van der Waals surface area contributed by atoms with Crippen LogP contribution in [0.4, 0.5) is 4.79 Å². The highest BCUT2D eigenvalue weighted by Crippen LogP contribution is 2.15. The maximum Gasteiger partial charge on any atom is 0.409 e. The lowest BCUT2D eigenvalue weighted by molar-refractivity contribution is -0.913. The number of amides is 1.